The van der Waals surface area contributed by atoms with Gasteiger partial charge in [-0.25, -0.2) is 0 Å². The van der Waals surface area contributed by atoms with Crippen LogP contribution in [0.5, 0.6) is 11.5 Å². The number of rotatable bonds is 3. The Labute approximate surface area is 123 Å². The quantitative estimate of drug-likeness (QED) is 0.706. The highest BCUT2D eigenvalue weighted by atomic mass is 16.5. The fourth-order valence-corrected chi connectivity index (χ4v) is 2.88. The predicted octanol–water partition coefficient (Wildman–Crippen LogP) is 4.39. The number of fused-ring (bicyclic) bond motifs is 2. The second-order valence-corrected chi connectivity index (χ2v) is 5.33. The van der Waals surface area contributed by atoms with Crippen LogP contribution >= 0.6 is 0 Å². The molecule has 1 aliphatic rings. The monoisotopic (exact) mass is 276 g/mol. The molecule has 1 heterocycles. The fraction of sp³-hybridized carbons (Fsp3) is 0.158. The lowest BCUT2D eigenvalue weighted by Crippen LogP contribution is -2.11. The maximum Gasteiger partial charge on any atom is 0.127 e. The minimum absolute atomic E-state index is 0.306. The van der Waals surface area contributed by atoms with Crippen molar-refractivity contribution in [3.05, 3.63) is 72.3 Å². The van der Waals surface area contributed by atoms with Crippen LogP contribution in [0.15, 0.2) is 66.7 Å². The van der Waals surface area contributed by atoms with Gasteiger partial charge < -0.3 is 9.47 Å². The van der Waals surface area contributed by atoms with Gasteiger partial charge in [0.25, 0.3) is 0 Å². The molecule has 2 nitrogen and oxygen atoms in total. The van der Waals surface area contributed by atoms with E-state index in [0.29, 0.717) is 19.1 Å². The lowest BCUT2D eigenvalue weighted by atomic mass is 10.0. The van der Waals surface area contributed by atoms with Crippen LogP contribution in [-0.4, -0.2) is 13.2 Å². The first kappa shape index (κ1) is 12.3. The van der Waals surface area contributed by atoms with Crippen molar-refractivity contribution in [3.8, 4) is 11.5 Å². The highest BCUT2D eigenvalue weighted by Gasteiger charge is 2.24. The molecule has 0 spiro atoms. The summed E-state index contributed by atoms with van der Waals surface area (Å²) in [5.41, 5.74) is 1.25. The van der Waals surface area contributed by atoms with Gasteiger partial charge in [0.15, 0.2) is 0 Å². The van der Waals surface area contributed by atoms with Gasteiger partial charge >= 0.3 is 0 Å². The molecule has 4 rings (SSSR count). The summed E-state index contributed by atoms with van der Waals surface area (Å²) in [6.07, 6.45) is 0. The highest BCUT2D eigenvalue weighted by molar-refractivity contribution is 5.88. The Hall–Kier alpha value is -2.48. The third kappa shape index (κ3) is 2.23. The second kappa shape index (κ2) is 5.13. The molecule has 0 bridgehead atoms. The molecule has 1 unspecified atom stereocenters. The summed E-state index contributed by atoms with van der Waals surface area (Å²) < 4.78 is 11.8. The van der Waals surface area contributed by atoms with E-state index >= 15 is 0 Å². The largest absolute Gasteiger partial charge is 0.493 e. The molecule has 0 aromatic heterocycles. The molecule has 1 atom stereocenters. The van der Waals surface area contributed by atoms with E-state index in [9.17, 15) is 0 Å². The molecule has 0 N–H and O–H groups in total. The average Bonchev–Trinajstić information content (AvgIpc) is 2.96. The summed E-state index contributed by atoms with van der Waals surface area (Å²) >= 11 is 0. The van der Waals surface area contributed by atoms with Crippen LogP contribution in [0.2, 0.25) is 0 Å². The Bertz CT molecular complexity index is 774. The molecule has 21 heavy (non-hydrogen) atoms. The van der Waals surface area contributed by atoms with Crippen LogP contribution in [-0.2, 0) is 0 Å². The molecule has 3 aromatic rings. The minimum atomic E-state index is 0.306. The maximum absolute atomic E-state index is 6.08. The number of ether oxygens (including phenoxy) is 2. The second-order valence-electron chi connectivity index (χ2n) is 5.33. The van der Waals surface area contributed by atoms with E-state index in [1.807, 2.05) is 36.4 Å². The standard InChI is InChI=1S/C19H16O2/c1-2-8-16-14(6-1)7-5-11-19(16)21-13-15-12-20-18-10-4-3-9-17(15)18/h1-11,15H,12-13H2. The zero-order valence-electron chi connectivity index (χ0n) is 11.7. The summed E-state index contributed by atoms with van der Waals surface area (Å²) in [5.74, 6) is 2.24. The first-order valence-corrected chi connectivity index (χ1v) is 7.24. The number of hydrogen-bond donors (Lipinski definition) is 0. The molecule has 104 valence electrons. The normalized spacial score (nSPS) is 16.5. The summed E-state index contributed by atoms with van der Waals surface area (Å²) in [5, 5.41) is 2.37. The topological polar surface area (TPSA) is 18.5 Å². The van der Waals surface area contributed by atoms with Gasteiger partial charge in [-0.15, -0.1) is 0 Å². The number of hydrogen-bond acceptors (Lipinski definition) is 2. The first-order chi connectivity index (χ1) is 10.4. The zero-order chi connectivity index (χ0) is 14.1. The van der Waals surface area contributed by atoms with Crippen LogP contribution in [0.4, 0.5) is 0 Å². The molecule has 1 aliphatic heterocycles. The Morgan fingerprint density at radius 3 is 2.71 bits per heavy atom. The summed E-state index contributed by atoms with van der Waals surface area (Å²) in [6.45, 7) is 1.34. The van der Waals surface area contributed by atoms with Gasteiger partial charge in [0.2, 0.25) is 0 Å². The van der Waals surface area contributed by atoms with Crippen molar-refractivity contribution in [3.63, 3.8) is 0 Å². The van der Waals surface area contributed by atoms with Gasteiger partial charge in [-0.3, -0.25) is 0 Å². The molecule has 0 aliphatic carbocycles. The van der Waals surface area contributed by atoms with E-state index in [1.54, 1.807) is 0 Å². The van der Waals surface area contributed by atoms with Crippen molar-refractivity contribution < 1.29 is 9.47 Å². The molecule has 0 saturated carbocycles. The Morgan fingerprint density at radius 2 is 1.71 bits per heavy atom. The van der Waals surface area contributed by atoms with Crippen molar-refractivity contribution in [1.82, 2.24) is 0 Å². The fourth-order valence-electron chi connectivity index (χ4n) is 2.88. The van der Waals surface area contributed by atoms with Gasteiger partial charge in [0, 0.05) is 10.9 Å². The van der Waals surface area contributed by atoms with Gasteiger partial charge in [-0.05, 0) is 17.5 Å². The first-order valence-electron chi connectivity index (χ1n) is 7.24. The summed E-state index contributed by atoms with van der Waals surface area (Å²) in [4.78, 5) is 0. The van der Waals surface area contributed by atoms with Crippen molar-refractivity contribution in [2.75, 3.05) is 13.2 Å². The van der Waals surface area contributed by atoms with E-state index in [2.05, 4.69) is 30.3 Å². The Balaban J connectivity index is 1.57. The lowest BCUT2D eigenvalue weighted by Gasteiger charge is -2.13. The van der Waals surface area contributed by atoms with E-state index < -0.39 is 0 Å². The van der Waals surface area contributed by atoms with Gasteiger partial charge in [0.1, 0.15) is 11.5 Å². The van der Waals surface area contributed by atoms with Gasteiger partial charge in [0.05, 0.1) is 19.1 Å². The van der Waals surface area contributed by atoms with E-state index in [0.717, 1.165) is 16.9 Å². The molecule has 2 heteroatoms. The molecule has 0 amide bonds. The van der Waals surface area contributed by atoms with Crippen LogP contribution < -0.4 is 9.47 Å². The Kier molecular flexibility index (Phi) is 3.00. The molecule has 0 saturated heterocycles. The maximum atomic E-state index is 6.08. The molecule has 0 radical (unpaired) electrons. The molecular weight excluding hydrogens is 260 g/mol. The van der Waals surface area contributed by atoms with Crippen molar-refractivity contribution >= 4 is 10.8 Å². The van der Waals surface area contributed by atoms with Gasteiger partial charge in [-0.1, -0.05) is 54.6 Å². The SMILES string of the molecule is c1ccc2c(c1)OCC2COc1cccc2ccccc12. The molecule has 0 fully saturated rings. The number of para-hydroxylation sites is 1. The van der Waals surface area contributed by atoms with Crippen LogP contribution in [0.3, 0.4) is 0 Å². The predicted molar refractivity (Wildman–Crippen MR) is 84.1 cm³/mol. The van der Waals surface area contributed by atoms with Gasteiger partial charge in [-0.2, -0.15) is 0 Å². The third-order valence-corrected chi connectivity index (χ3v) is 3.99. The summed E-state index contributed by atoms with van der Waals surface area (Å²) in [6, 6.07) is 22.7. The number of benzene rings is 3. The van der Waals surface area contributed by atoms with E-state index in [-0.39, 0.29) is 0 Å². The lowest BCUT2D eigenvalue weighted by molar-refractivity contribution is 0.250. The smallest absolute Gasteiger partial charge is 0.127 e. The third-order valence-electron chi connectivity index (χ3n) is 3.99. The summed E-state index contributed by atoms with van der Waals surface area (Å²) in [7, 11) is 0. The van der Waals surface area contributed by atoms with Crippen LogP contribution in [0, 0.1) is 0 Å². The van der Waals surface area contributed by atoms with E-state index in [4.69, 9.17) is 9.47 Å². The van der Waals surface area contributed by atoms with Crippen molar-refractivity contribution in [1.29, 1.82) is 0 Å². The highest BCUT2D eigenvalue weighted by Crippen LogP contribution is 2.34. The molecule has 3 aromatic carbocycles. The minimum Gasteiger partial charge on any atom is -0.493 e. The molecular formula is C19H16O2. The zero-order valence-corrected chi connectivity index (χ0v) is 11.7. The van der Waals surface area contributed by atoms with Crippen molar-refractivity contribution in [2.45, 2.75) is 5.92 Å². The van der Waals surface area contributed by atoms with Crippen LogP contribution in [0.1, 0.15) is 11.5 Å². The Morgan fingerprint density at radius 1 is 0.905 bits per heavy atom. The van der Waals surface area contributed by atoms with Crippen LogP contribution in [0.25, 0.3) is 10.8 Å². The average molecular weight is 276 g/mol. The van der Waals surface area contributed by atoms with E-state index in [1.165, 1.54) is 10.9 Å². The van der Waals surface area contributed by atoms with Crippen molar-refractivity contribution in [2.24, 2.45) is 0 Å².